The number of piperidine rings is 1. The van der Waals surface area contributed by atoms with Crippen LogP contribution in [-0.4, -0.2) is 45.4 Å². The van der Waals surface area contributed by atoms with Crippen LogP contribution in [0.1, 0.15) is 56.4 Å². The number of carbonyl (C=O) groups is 1. The number of aryl methyl sites for hydroxylation is 1. The number of hydrogen-bond acceptors (Lipinski definition) is 4. The standard InChI is InChI=1S/C17H27N3O3/c1-3-5-10-20-15(22)7-6-14(18-20)16(23)19-11-8-17(4-2,13-21)9-12-19/h6-7,21H,3-5,8-13H2,1-2H3. The second-order valence-corrected chi connectivity index (χ2v) is 6.44. The molecule has 0 spiro atoms. The van der Waals surface area contributed by atoms with Crippen molar-refractivity contribution in [3.05, 3.63) is 28.2 Å². The Bertz CT molecular complexity index is 583. The van der Waals surface area contributed by atoms with Gasteiger partial charge in [0, 0.05) is 32.3 Å². The summed E-state index contributed by atoms with van der Waals surface area (Å²) in [4.78, 5) is 26.2. The second-order valence-electron chi connectivity index (χ2n) is 6.44. The lowest BCUT2D eigenvalue weighted by molar-refractivity contribution is 0.0333. The molecule has 0 aliphatic carbocycles. The molecule has 1 fully saturated rings. The number of rotatable bonds is 6. The zero-order valence-corrected chi connectivity index (χ0v) is 14.1. The van der Waals surface area contributed by atoms with E-state index in [1.54, 1.807) is 4.90 Å². The lowest BCUT2D eigenvalue weighted by Crippen LogP contribution is -2.45. The molecule has 6 nitrogen and oxygen atoms in total. The molecular weight excluding hydrogens is 294 g/mol. The highest BCUT2D eigenvalue weighted by molar-refractivity contribution is 5.92. The van der Waals surface area contributed by atoms with Crippen molar-refractivity contribution in [2.75, 3.05) is 19.7 Å². The van der Waals surface area contributed by atoms with Gasteiger partial charge in [0.15, 0.2) is 0 Å². The van der Waals surface area contributed by atoms with Crippen LogP contribution >= 0.6 is 0 Å². The Hall–Kier alpha value is -1.69. The summed E-state index contributed by atoms with van der Waals surface area (Å²) in [7, 11) is 0. The molecule has 1 N–H and O–H groups in total. The summed E-state index contributed by atoms with van der Waals surface area (Å²) in [5.74, 6) is -0.127. The number of aliphatic hydroxyl groups excluding tert-OH is 1. The topological polar surface area (TPSA) is 75.4 Å². The van der Waals surface area contributed by atoms with Gasteiger partial charge in [-0.3, -0.25) is 9.59 Å². The Morgan fingerprint density at radius 3 is 2.57 bits per heavy atom. The molecule has 0 atom stereocenters. The molecule has 1 aliphatic heterocycles. The van der Waals surface area contributed by atoms with Crippen LogP contribution in [0.15, 0.2) is 16.9 Å². The van der Waals surface area contributed by atoms with Gasteiger partial charge in [-0.1, -0.05) is 20.3 Å². The number of aliphatic hydroxyl groups is 1. The van der Waals surface area contributed by atoms with Crippen LogP contribution in [0.3, 0.4) is 0 Å². The molecule has 128 valence electrons. The van der Waals surface area contributed by atoms with Crippen LogP contribution in [0.25, 0.3) is 0 Å². The third-order valence-corrected chi connectivity index (χ3v) is 5.01. The maximum atomic E-state index is 12.6. The van der Waals surface area contributed by atoms with Gasteiger partial charge < -0.3 is 10.0 Å². The second kappa shape index (κ2) is 7.73. The fourth-order valence-electron chi connectivity index (χ4n) is 3.00. The molecule has 6 heteroatoms. The van der Waals surface area contributed by atoms with Gasteiger partial charge in [-0.05, 0) is 37.2 Å². The van der Waals surface area contributed by atoms with Gasteiger partial charge in [0.25, 0.3) is 11.5 Å². The first-order chi connectivity index (χ1) is 11.0. The predicted molar refractivity (Wildman–Crippen MR) is 88.4 cm³/mol. The fraction of sp³-hybridized carbons (Fsp3) is 0.706. The summed E-state index contributed by atoms with van der Waals surface area (Å²) >= 11 is 0. The van der Waals surface area contributed by atoms with E-state index in [2.05, 4.69) is 18.9 Å². The molecule has 0 aromatic carbocycles. The zero-order chi connectivity index (χ0) is 16.9. The average molecular weight is 321 g/mol. The van der Waals surface area contributed by atoms with Gasteiger partial charge in [-0.2, -0.15) is 5.10 Å². The molecule has 23 heavy (non-hydrogen) atoms. The van der Waals surface area contributed by atoms with E-state index in [1.165, 1.54) is 16.8 Å². The summed E-state index contributed by atoms with van der Waals surface area (Å²) < 4.78 is 1.38. The van der Waals surface area contributed by atoms with Crippen LogP contribution in [0.2, 0.25) is 0 Å². The predicted octanol–water partition coefficient (Wildman–Crippen LogP) is 1.67. The van der Waals surface area contributed by atoms with Crippen LogP contribution in [0.5, 0.6) is 0 Å². The van der Waals surface area contributed by atoms with Gasteiger partial charge in [0.1, 0.15) is 5.69 Å². The number of unbranched alkanes of at least 4 members (excludes halogenated alkanes) is 1. The Kier molecular flexibility index (Phi) is 5.93. The van der Waals surface area contributed by atoms with E-state index >= 15 is 0 Å². The van der Waals surface area contributed by atoms with E-state index in [4.69, 9.17) is 0 Å². The molecule has 1 saturated heterocycles. The Labute approximate surface area is 137 Å². The number of likely N-dealkylation sites (tertiary alicyclic amines) is 1. The third kappa shape index (κ3) is 3.99. The summed E-state index contributed by atoms with van der Waals surface area (Å²) in [6.07, 6.45) is 4.37. The lowest BCUT2D eigenvalue weighted by atomic mass is 9.77. The fourth-order valence-corrected chi connectivity index (χ4v) is 3.00. The largest absolute Gasteiger partial charge is 0.396 e. The van der Waals surface area contributed by atoms with Crippen LogP contribution in [0, 0.1) is 5.41 Å². The average Bonchev–Trinajstić information content (AvgIpc) is 2.60. The van der Waals surface area contributed by atoms with Crippen molar-refractivity contribution in [2.24, 2.45) is 5.41 Å². The Morgan fingerprint density at radius 2 is 2.00 bits per heavy atom. The molecule has 0 saturated carbocycles. The highest BCUT2D eigenvalue weighted by Crippen LogP contribution is 2.34. The first-order valence-corrected chi connectivity index (χ1v) is 8.53. The van der Waals surface area contributed by atoms with E-state index < -0.39 is 0 Å². The zero-order valence-electron chi connectivity index (χ0n) is 14.1. The summed E-state index contributed by atoms with van der Waals surface area (Å²) in [6.45, 7) is 6.10. The SMILES string of the molecule is CCCCn1nc(C(=O)N2CCC(CC)(CO)CC2)ccc1=O. The van der Waals surface area contributed by atoms with Crippen LogP contribution in [-0.2, 0) is 6.54 Å². The molecule has 2 rings (SSSR count). The van der Waals surface area contributed by atoms with Crippen molar-refractivity contribution in [3.63, 3.8) is 0 Å². The molecule has 1 aromatic heterocycles. The number of aromatic nitrogens is 2. The van der Waals surface area contributed by atoms with Crippen molar-refractivity contribution in [1.29, 1.82) is 0 Å². The summed E-state index contributed by atoms with van der Waals surface area (Å²) in [5, 5.41) is 13.8. The van der Waals surface area contributed by atoms with Gasteiger partial charge in [-0.15, -0.1) is 0 Å². The molecule has 2 heterocycles. The molecule has 0 bridgehead atoms. The minimum absolute atomic E-state index is 0.0515. The molecule has 0 radical (unpaired) electrons. The quantitative estimate of drug-likeness (QED) is 0.865. The van der Waals surface area contributed by atoms with Gasteiger partial charge in [-0.25, -0.2) is 4.68 Å². The summed E-state index contributed by atoms with van der Waals surface area (Å²) in [6, 6.07) is 2.94. The third-order valence-electron chi connectivity index (χ3n) is 5.01. The van der Waals surface area contributed by atoms with E-state index in [-0.39, 0.29) is 23.5 Å². The maximum absolute atomic E-state index is 12.6. The number of amides is 1. The van der Waals surface area contributed by atoms with E-state index in [0.717, 1.165) is 32.1 Å². The first kappa shape index (κ1) is 17.7. The van der Waals surface area contributed by atoms with Gasteiger partial charge >= 0.3 is 0 Å². The normalized spacial score (nSPS) is 17.3. The number of nitrogens with zero attached hydrogens (tertiary/aromatic N) is 3. The smallest absolute Gasteiger partial charge is 0.274 e. The van der Waals surface area contributed by atoms with Crippen LogP contribution in [0.4, 0.5) is 0 Å². The Balaban J connectivity index is 2.08. The van der Waals surface area contributed by atoms with Crippen molar-refractivity contribution in [1.82, 2.24) is 14.7 Å². The Morgan fingerprint density at radius 1 is 1.30 bits per heavy atom. The lowest BCUT2D eigenvalue weighted by Gasteiger charge is -2.40. The molecular formula is C17H27N3O3. The minimum Gasteiger partial charge on any atom is -0.396 e. The minimum atomic E-state index is -0.168. The van der Waals surface area contributed by atoms with E-state index in [1.807, 2.05) is 0 Å². The monoisotopic (exact) mass is 321 g/mol. The molecule has 1 aliphatic rings. The number of hydrogen-bond donors (Lipinski definition) is 1. The van der Waals surface area contributed by atoms with Crippen molar-refractivity contribution in [3.8, 4) is 0 Å². The van der Waals surface area contributed by atoms with E-state index in [0.29, 0.717) is 25.3 Å². The highest BCUT2D eigenvalue weighted by Gasteiger charge is 2.34. The molecule has 1 amide bonds. The maximum Gasteiger partial charge on any atom is 0.274 e. The summed E-state index contributed by atoms with van der Waals surface area (Å²) in [5.41, 5.74) is 0.108. The molecule has 1 aromatic rings. The molecule has 0 unspecified atom stereocenters. The highest BCUT2D eigenvalue weighted by atomic mass is 16.3. The van der Waals surface area contributed by atoms with Crippen LogP contribution < -0.4 is 5.56 Å². The van der Waals surface area contributed by atoms with Crippen molar-refractivity contribution < 1.29 is 9.90 Å². The van der Waals surface area contributed by atoms with Crippen molar-refractivity contribution in [2.45, 2.75) is 52.5 Å². The van der Waals surface area contributed by atoms with Crippen molar-refractivity contribution >= 4 is 5.91 Å². The van der Waals surface area contributed by atoms with Gasteiger partial charge in [0.05, 0.1) is 0 Å². The first-order valence-electron chi connectivity index (χ1n) is 8.53. The van der Waals surface area contributed by atoms with Gasteiger partial charge in [0.2, 0.25) is 0 Å². The number of carbonyl (C=O) groups excluding carboxylic acids is 1. The van der Waals surface area contributed by atoms with E-state index in [9.17, 15) is 14.7 Å².